The number of anilines is 1. The largest absolute Gasteiger partial charge is 0.496 e. The first-order valence-corrected chi connectivity index (χ1v) is 6.61. The summed E-state index contributed by atoms with van der Waals surface area (Å²) in [6, 6.07) is 7.75. The van der Waals surface area contributed by atoms with Gasteiger partial charge in [-0.3, -0.25) is 0 Å². The van der Waals surface area contributed by atoms with Gasteiger partial charge in [-0.15, -0.1) is 0 Å². The van der Waals surface area contributed by atoms with E-state index in [2.05, 4.69) is 36.8 Å². The summed E-state index contributed by atoms with van der Waals surface area (Å²) in [5, 5.41) is 0. The van der Waals surface area contributed by atoms with Gasteiger partial charge in [-0.25, -0.2) is 9.97 Å². The maximum absolute atomic E-state index is 5.80. The Hall–Kier alpha value is -2.10. The fraction of sp³-hybridized carbons (Fsp3) is 0.375. The van der Waals surface area contributed by atoms with Gasteiger partial charge in [-0.2, -0.15) is 0 Å². The number of benzene rings is 1. The number of hydrogen-bond acceptors (Lipinski definition) is 4. The zero-order chi connectivity index (χ0) is 14.9. The molecule has 0 bridgehead atoms. The van der Waals surface area contributed by atoms with Gasteiger partial charge in [0.05, 0.1) is 7.11 Å². The third-order valence-electron chi connectivity index (χ3n) is 3.14. The Labute approximate surface area is 120 Å². The Bertz CT molecular complexity index is 610. The van der Waals surface area contributed by atoms with Crippen LogP contribution in [-0.4, -0.2) is 17.1 Å². The van der Waals surface area contributed by atoms with Crippen molar-refractivity contribution in [1.82, 2.24) is 9.97 Å². The molecule has 0 aliphatic rings. The second kappa shape index (κ2) is 5.12. The fourth-order valence-electron chi connectivity index (χ4n) is 2.16. The second-order valence-electron chi connectivity index (χ2n) is 5.92. The lowest BCUT2D eigenvalue weighted by Gasteiger charge is -2.22. The Morgan fingerprint density at radius 2 is 1.80 bits per heavy atom. The van der Waals surface area contributed by atoms with Crippen molar-refractivity contribution >= 4 is 5.82 Å². The lowest BCUT2D eigenvalue weighted by molar-refractivity contribution is 0.397. The molecule has 1 aromatic carbocycles. The molecule has 0 fully saturated rings. The van der Waals surface area contributed by atoms with Crippen molar-refractivity contribution in [3.63, 3.8) is 0 Å². The van der Waals surface area contributed by atoms with Gasteiger partial charge < -0.3 is 10.5 Å². The van der Waals surface area contributed by atoms with Gasteiger partial charge in [-0.05, 0) is 30.5 Å². The monoisotopic (exact) mass is 271 g/mol. The van der Waals surface area contributed by atoms with Crippen LogP contribution in [0.3, 0.4) is 0 Å². The molecule has 2 aromatic rings. The zero-order valence-corrected chi connectivity index (χ0v) is 12.7. The second-order valence-corrected chi connectivity index (χ2v) is 5.92. The van der Waals surface area contributed by atoms with Crippen molar-refractivity contribution in [2.75, 3.05) is 12.8 Å². The van der Waals surface area contributed by atoms with Crippen LogP contribution in [0.25, 0.3) is 11.4 Å². The normalized spacial score (nSPS) is 11.4. The summed E-state index contributed by atoms with van der Waals surface area (Å²) < 4.78 is 5.44. The molecule has 0 saturated carbocycles. The Balaban J connectivity index is 2.58. The average Bonchev–Trinajstić information content (AvgIpc) is 2.35. The summed E-state index contributed by atoms with van der Waals surface area (Å²) >= 11 is 0. The molecule has 0 saturated heterocycles. The average molecular weight is 271 g/mol. The number of aryl methyl sites for hydroxylation is 1. The highest BCUT2D eigenvalue weighted by Gasteiger charge is 2.20. The third-order valence-corrected chi connectivity index (χ3v) is 3.14. The summed E-state index contributed by atoms with van der Waals surface area (Å²) in [5.74, 6) is 2.01. The van der Waals surface area contributed by atoms with E-state index in [-0.39, 0.29) is 5.41 Å². The van der Waals surface area contributed by atoms with Crippen LogP contribution in [0.5, 0.6) is 5.75 Å². The molecular weight excluding hydrogens is 250 g/mol. The van der Waals surface area contributed by atoms with Crippen LogP contribution >= 0.6 is 0 Å². The number of nitrogen functional groups attached to an aromatic ring is 1. The molecule has 20 heavy (non-hydrogen) atoms. The Morgan fingerprint density at radius 3 is 2.35 bits per heavy atom. The molecule has 0 aliphatic carbocycles. The number of hydrogen-bond donors (Lipinski definition) is 1. The summed E-state index contributed by atoms with van der Waals surface area (Å²) in [6.07, 6.45) is 0. The highest BCUT2D eigenvalue weighted by atomic mass is 16.5. The van der Waals surface area contributed by atoms with Gasteiger partial charge in [0, 0.05) is 22.9 Å². The molecular formula is C16H21N3O. The van der Waals surface area contributed by atoms with E-state index >= 15 is 0 Å². The lowest BCUT2D eigenvalue weighted by atomic mass is 9.85. The Morgan fingerprint density at radius 1 is 1.10 bits per heavy atom. The molecule has 0 spiro atoms. The van der Waals surface area contributed by atoms with E-state index in [0.29, 0.717) is 11.6 Å². The first-order valence-electron chi connectivity index (χ1n) is 6.61. The summed E-state index contributed by atoms with van der Waals surface area (Å²) in [5.41, 5.74) is 8.72. The van der Waals surface area contributed by atoms with Gasteiger partial charge in [0.2, 0.25) is 0 Å². The standard InChI is InChI=1S/C16H21N3O/c1-10-8-14(17)19-15(18-10)11-6-7-13(20-5)12(9-11)16(2,3)4/h6-9H,1-5H3,(H2,17,18,19). The zero-order valence-electron chi connectivity index (χ0n) is 12.7. The van der Waals surface area contributed by atoms with Crippen LogP contribution in [0.2, 0.25) is 0 Å². The van der Waals surface area contributed by atoms with E-state index in [1.165, 1.54) is 0 Å². The molecule has 0 atom stereocenters. The number of nitrogens with zero attached hydrogens (tertiary/aromatic N) is 2. The highest BCUT2D eigenvalue weighted by Crippen LogP contribution is 2.34. The van der Waals surface area contributed by atoms with E-state index in [4.69, 9.17) is 10.5 Å². The van der Waals surface area contributed by atoms with Crippen LogP contribution in [0.1, 0.15) is 32.0 Å². The van der Waals surface area contributed by atoms with Crippen molar-refractivity contribution in [3.05, 3.63) is 35.5 Å². The van der Waals surface area contributed by atoms with E-state index in [9.17, 15) is 0 Å². The smallest absolute Gasteiger partial charge is 0.161 e. The van der Waals surface area contributed by atoms with Crippen molar-refractivity contribution in [2.24, 2.45) is 0 Å². The molecule has 0 amide bonds. The SMILES string of the molecule is COc1ccc(-c2nc(C)cc(N)n2)cc1C(C)(C)C. The number of nitrogens with two attached hydrogens (primary N) is 1. The Kier molecular flexibility index (Phi) is 3.66. The van der Waals surface area contributed by atoms with Crippen molar-refractivity contribution in [3.8, 4) is 17.1 Å². The minimum atomic E-state index is -0.0171. The summed E-state index contributed by atoms with van der Waals surface area (Å²) in [4.78, 5) is 8.76. The molecule has 0 radical (unpaired) electrons. The minimum absolute atomic E-state index is 0.0171. The molecule has 0 unspecified atom stereocenters. The topological polar surface area (TPSA) is 61.0 Å². The number of methoxy groups -OCH3 is 1. The van der Waals surface area contributed by atoms with Crippen LogP contribution in [-0.2, 0) is 5.41 Å². The molecule has 0 aliphatic heterocycles. The highest BCUT2D eigenvalue weighted by molar-refractivity contribution is 5.61. The van der Waals surface area contributed by atoms with Crippen LogP contribution in [0.4, 0.5) is 5.82 Å². The van der Waals surface area contributed by atoms with Crippen molar-refractivity contribution in [1.29, 1.82) is 0 Å². The number of aromatic nitrogens is 2. The maximum Gasteiger partial charge on any atom is 0.161 e. The quantitative estimate of drug-likeness (QED) is 0.910. The number of rotatable bonds is 2. The summed E-state index contributed by atoms with van der Waals surface area (Å²) in [7, 11) is 1.69. The van der Waals surface area contributed by atoms with E-state index < -0.39 is 0 Å². The molecule has 1 aromatic heterocycles. The molecule has 4 heteroatoms. The van der Waals surface area contributed by atoms with E-state index in [0.717, 1.165) is 22.6 Å². The van der Waals surface area contributed by atoms with Crippen LogP contribution in [0.15, 0.2) is 24.3 Å². The fourth-order valence-corrected chi connectivity index (χ4v) is 2.16. The third kappa shape index (κ3) is 2.90. The van der Waals surface area contributed by atoms with Gasteiger partial charge in [0.1, 0.15) is 11.6 Å². The number of ether oxygens (including phenoxy) is 1. The van der Waals surface area contributed by atoms with Gasteiger partial charge >= 0.3 is 0 Å². The molecule has 4 nitrogen and oxygen atoms in total. The predicted octanol–water partition coefficient (Wildman–Crippen LogP) is 3.34. The van der Waals surface area contributed by atoms with Gasteiger partial charge in [0.25, 0.3) is 0 Å². The maximum atomic E-state index is 5.80. The van der Waals surface area contributed by atoms with Gasteiger partial charge in [0.15, 0.2) is 5.82 Å². The van der Waals surface area contributed by atoms with Crippen molar-refractivity contribution < 1.29 is 4.74 Å². The molecule has 2 N–H and O–H groups in total. The minimum Gasteiger partial charge on any atom is -0.496 e. The van der Waals surface area contributed by atoms with Crippen LogP contribution < -0.4 is 10.5 Å². The van der Waals surface area contributed by atoms with Crippen molar-refractivity contribution in [2.45, 2.75) is 33.1 Å². The predicted molar refractivity (Wildman–Crippen MR) is 81.9 cm³/mol. The van der Waals surface area contributed by atoms with Crippen LogP contribution in [0, 0.1) is 6.92 Å². The van der Waals surface area contributed by atoms with E-state index in [1.807, 2.05) is 19.1 Å². The molecule has 2 rings (SSSR count). The molecule has 1 heterocycles. The van der Waals surface area contributed by atoms with E-state index in [1.54, 1.807) is 13.2 Å². The lowest BCUT2D eigenvalue weighted by Crippen LogP contribution is -2.13. The summed E-state index contributed by atoms with van der Waals surface area (Å²) in [6.45, 7) is 8.37. The molecule has 106 valence electrons. The first kappa shape index (κ1) is 14.3. The van der Waals surface area contributed by atoms with Gasteiger partial charge in [-0.1, -0.05) is 20.8 Å². The first-order chi connectivity index (χ1) is 9.31.